The van der Waals surface area contributed by atoms with Gasteiger partial charge in [-0.15, -0.1) is 10.2 Å². The third-order valence-corrected chi connectivity index (χ3v) is 3.26. The summed E-state index contributed by atoms with van der Waals surface area (Å²) in [6.07, 6.45) is 3.41. The smallest absolute Gasteiger partial charge is 0.165 e. The molecule has 0 saturated carbocycles. The SMILES string of the molecule is Cc1[nH]cnc1CNc1ccccc1-c1nncn1C. The number of hydrogen-bond donors (Lipinski definition) is 2. The number of aromatic amines is 1. The molecule has 2 heterocycles. The van der Waals surface area contributed by atoms with E-state index in [2.05, 4.69) is 25.5 Å². The highest BCUT2D eigenvalue weighted by Crippen LogP contribution is 2.25. The van der Waals surface area contributed by atoms with Crippen molar-refractivity contribution in [1.29, 1.82) is 0 Å². The molecule has 0 unspecified atom stereocenters. The molecule has 0 fully saturated rings. The van der Waals surface area contributed by atoms with Gasteiger partial charge in [-0.3, -0.25) is 0 Å². The molecule has 6 heteroatoms. The Hall–Kier alpha value is -2.63. The van der Waals surface area contributed by atoms with Crippen LogP contribution in [0.3, 0.4) is 0 Å². The summed E-state index contributed by atoms with van der Waals surface area (Å²) in [5, 5.41) is 11.5. The average molecular weight is 268 g/mol. The van der Waals surface area contributed by atoms with Crippen LogP contribution in [0.5, 0.6) is 0 Å². The first-order valence-electron chi connectivity index (χ1n) is 6.42. The molecule has 20 heavy (non-hydrogen) atoms. The monoisotopic (exact) mass is 268 g/mol. The molecule has 0 saturated heterocycles. The molecule has 0 aliphatic carbocycles. The first-order valence-corrected chi connectivity index (χ1v) is 6.42. The van der Waals surface area contributed by atoms with Gasteiger partial charge in [0, 0.05) is 24.0 Å². The summed E-state index contributed by atoms with van der Waals surface area (Å²) in [6, 6.07) is 8.06. The highest BCUT2D eigenvalue weighted by molar-refractivity contribution is 5.73. The molecule has 0 aliphatic heterocycles. The van der Waals surface area contributed by atoms with Crippen LogP contribution in [0.4, 0.5) is 5.69 Å². The van der Waals surface area contributed by atoms with Gasteiger partial charge in [0.1, 0.15) is 6.33 Å². The fourth-order valence-electron chi connectivity index (χ4n) is 2.10. The van der Waals surface area contributed by atoms with Crippen LogP contribution in [0.1, 0.15) is 11.4 Å². The maximum atomic E-state index is 4.29. The molecule has 0 radical (unpaired) electrons. The Morgan fingerprint density at radius 1 is 1.30 bits per heavy atom. The minimum absolute atomic E-state index is 0.671. The highest BCUT2D eigenvalue weighted by atomic mass is 15.2. The molecular formula is C14H16N6. The van der Waals surface area contributed by atoms with E-state index < -0.39 is 0 Å². The number of aryl methyl sites for hydroxylation is 2. The molecule has 3 aromatic rings. The van der Waals surface area contributed by atoms with Crippen molar-refractivity contribution < 1.29 is 0 Å². The Kier molecular flexibility index (Phi) is 3.20. The summed E-state index contributed by atoms with van der Waals surface area (Å²) < 4.78 is 1.90. The lowest BCUT2D eigenvalue weighted by Gasteiger charge is -2.10. The van der Waals surface area contributed by atoms with Crippen molar-refractivity contribution >= 4 is 5.69 Å². The number of benzene rings is 1. The van der Waals surface area contributed by atoms with Crippen molar-refractivity contribution in [3.05, 3.63) is 48.3 Å². The van der Waals surface area contributed by atoms with Crippen molar-refractivity contribution in [2.75, 3.05) is 5.32 Å². The summed E-state index contributed by atoms with van der Waals surface area (Å²) in [7, 11) is 1.93. The van der Waals surface area contributed by atoms with E-state index in [1.54, 1.807) is 12.7 Å². The third-order valence-electron chi connectivity index (χ3n) is 3.26. The summed E-state index contributed by atoms with van der Waals surface area (Å²) in [6.45, 7) is 2.68. The maximum absolute atomic E-state index is 4.29. The average Bonchev–Trinajstić information content (AvgIpc) is 3.06. The fraction of sp³-hybridized carbons (Fsp3) is 0.214. The van der Waals surface area contributed by atoms with Crippen molar-refractivity contribution in [3.63, 3.8) is 0 Å². The number of anilines is 1. The molecule has 2 aromatic heterocycles. The lowest BCUT2D eigenvalue weighted by Crippen LogP contribution is -2.04. The molecule has 3 rings (SSSR count). The number of nitrogens with one attached hydrogen (secondary N) is 2. The van der Waals surface area contributed by atoms with Gasteiger partial charge in [-0.1, -0.05) is 12.1 Å². The predicted molar refractivity (Wildman–Crippen MR) is 77.1 cm³/mol. The van der Waals surface area contributed by atoms with E-state index in [4.69, 9.17) is 0 Å². The van der Waals surface area contributed by atoms with E-state index in [9.17, 15) is 0 Å². The van der Waals surface area contributed by atoms with Gasteiger partial charge in [0.05, 0.1) is 18.6 Å². The quantitative estimate of drug-likeness (QED) is 0.760. The predicted octanol–water partition coefficient (Wildman–Crippen LogP) is 2.13. The molecule has 0 bridgehead atoms. The second kappa shape index (κ2) is 5.16. The van der Waals surface area contributed by atoms with Gasteiger partial charge in [0.2, 0.25) is 0 Å². The number of rotatable bonds is 4. The molecule has 2 N–H and O–H groups in total. The summed E-state index contributed by atoms with van der Waals surface area (Å²) in [4.78, 5) is 7.37. The van der Waals surface area contributed by atoms with E-state index >= 15 is 0 Å². The zero-order valence-electron chi connectivity index (χ0n) is 11.5. The number of H-pyrrole nitrogens is 1. The normalized spacial score (nSPS) is 10.7. The number of aromatic nitrogens is 5. The van der Waals surface area contributed by atoms with Crippen molar-refractivity contribution in [2.24, 2.45) is 7.05 Å². The molecular weight excluding hydrogens is 252 g/mol. The van der Waals surface area contributed by atoms with Gasteiger partial charge in [-0.2, -0.15) is 0 Å². The van der Waals surface area contributed by atoms with Crippen LogP contribution in [-0.2, 0) is 13.6 Å². The molecule has 0 spiro atoms. The highest BCUT2D eigenvalue weighted by Gasteiger charge is 2.10. The Morgan fingerprint density at radius 2 is 2.15 bits per heavy atom. The minimum atomic E-state index is 0.671. The van der Waals surface area contributed by atoms with Crippen LogP contribution in [0.15, 0.2) is 36.9 Å². The first kappa shape index (κ1) is 12.4. The first-order chi connectivity index (χ1) is 9.75. The van der Waals surface area contributed by atoms with Crippen LogP contribution in [-0.4, -0.2) is 24.7 Å². The number of imidazole rings is 1. The van der Waals surface area contributed by atoms with Crippen LogP contribution < -0.4 is 5.32 Å². The van der Waals surface area contributed by atoms with Gasteiger partial charge < -0.3 is 14.9 Å². The van der Waals surface area contributed by atoms with E-state index in [-0.39, 0.29) is 0 Å². The lowest BCUT2D eigenvalue weighted by atomic mass is 10.1. The van der Waals surface area contributed by atoms with Crippen LogP contribution in [0, 0.1) is 6.92 Å². The number of hydrogen-bond acceptors (Lipinski definition) is 4. The standard InChI is InChI=1S/C14H16N6/c1-10-13(17-8-16-10)7-15-12-6-4-3-5-11(12)14-19-18-9-20(14)2/h3-6,8-9,15H,7H2,1-2H3,(H,16,17). The van der Waals surface area contributed by atoms with E-state index in [0.29, 0.717) is 6.54 Å². The third kappa shape index (κ3) is 2.27. The van der Waals surface area contributed by atoms with E-state index in [1.165, 1.54) is 0 Å². The molecule has 1 aromatic carbocycles. The van der Waals surface area contributed by atoms with Crippen LogP contribution in [0.25, 0.3) is 11.4 Å². The molecule has 0 amide bonds. The Bertz CT molecular complexity index is 712. The van der Waals surface area contributed by atoms with Gasteiger partial charge in [0.25, 0.3) is 0 Å². The Morgan fingerprint density at radius 3 is 2.85 bits per heavy atom. The Balaban J connectivity index is 1.87. The molecule has 6 nitrogen and oxygen atoms in total. The minimum Gasteiger partial charge on any atom is -0.379 e. The molecule has 0 atom stereocenters. The summed E-state index contributed by atoms with van der Waals surface area (Å²) in [5.74, 6) is 0.840. The number of para-hydroxylation sites is 1. The maximum Gasteiger partial charge on any atom is 0.165 e. The Labute approximate surface area is 116 Å². The summed E-state index contributed by atoms with van der Waals surface area (Å²) >= 11 is 0. The van der Waals surface area contributed by atoms with Gasteiger partial charge in [-0.05, 0) is 19.1 Å². The fourth-order valence-corrected chi connectivity index (χ4v) is 2.10. The second-order valence-electron chi connectivity index (χ2n) is 4.64. The molecule has 0 aliphatic rings. The van der Waals surface area contributed by atoms with Gasteiger partial charge >= 0.3 is 0 Å². The topological polar surface area (TPSA) is 71.4 Å². The van der Waals surface area contributed by atoms with E-state index in [1.807, 2.05) is 42.8 Å². The molecule has 102 valence electrons. The zero-order valence-corrected chi connectivity index (χ0v) is 11.5. The van der Waals surface area contributed by atoms with Gasteiger partial charge in [-0.25, -0.2) is 4.98 Å². The van der Waals surface area contributed by atoms with Crippen molar-refractivity contribution in [2.45, 2.75) is 13.5 Å². The van der Waals surface area contributed by atoms with Crippen LogP contribution >= 0.6 is 0 Å². The number of nitrogens with zero attached hydrogens (tertiary/aromatic N) is 4. The van der Waals surface area contributed by atoms with Gasteiger partial charge in [0.15, 0.2) is 5.82 Å². The van der Waals surface area contributed by atoms with Crippen LogP contribution in [0.2, 0.25) is 0 Å². The zero-order chi connectivity index (χ0) is 13.9. The largest absolute Gasteiger partial charge is 0.379 e. The van der Waals surface area contributed by atoms with Crippen molar-refractivity contribution in [1.82, 2.24) is 24.7 Å². The summed E-state index contributed by atoms with van der Waals surface area (Å²) in [5.41, 5.74) is 4.14. The van der Waals surface area contributed by atoms with E-state index in [0.717, 1.165) is 28.5 Å². The van der Waals surface area contributed by atoms with Crippen molar-refractivity contribution in [3.8, 4) is 11.4 Å². The second-order valence-corrected chi connectivity index (χ2v) is 4.64. The lowest BCUT2D eigenvalue weighted by molar-refractivity contribution is 0.919.